The van der Waals surface area contributed by atoms with Gasteiger partial charge in [0.05, 0.1) is 5.54 Å². The van der Waals surface area contributed by atoms with E-state index < -0.39 is 5.60 Å². The van der Waals surface area contributed by atoms with Gasteiger partial charge in [-0.05, 0) is 47.5 Å². The molecule has 138 valence electrons. The van der Waals surface area contributed by atoms with Gasteiger partial charge in [0.1, 0.15) is 5.60 Å². The second-order valence-electron chi connectivity index (χ2n) is 6.84. The van der Waals surface area contributed by atoms with Crippen LogP contribution < -0.4 is 16.0 Å². The molecule has 0 radical (unpaired) electrons. The quantitative estimate of drug-likeness (QED) is 0.336. The average Bonchev–Trinajstić information content (AvgIpc) is 2.39. The van der Waals surface area contributed by atoms with Crippen LogP contribution in [-0.2, 0) is 4.74 Å². The number of ether oxygens (including phenoxy) is 1. The van der Waals surface area contributed by atoms with E-state index >= 15 is 0 Å². The third-order valence-corrected chi connectivity index (χ3v) is 3.36. The molecular weight excluding hydrogens is 407 g/mol. The van der Waals surface area contributed by atoms with E-state index in [1.165, 1.54) is 0 Å². The zero-order valence-electron chi connectivity index (χ0n) is 15.9. The first-order chi connectivity index (χ1) is 10.1. The minimum Gasteiger partial charge on any atom is -0.444 e. The molecule has 7 heteroatoms. The van der Waals surface area contributed by atoms with E-state index in [4.69, 9.17) is 4.74 Å². The Labute approximate surface area is 158 Å². The highest BCUT2D eigenvalue weighted by molar-refractivity contribution is 14.0. The summed E-state index contributed by atoms with van der Waals surface area (Å²) in [5.41, 5.74) is -0.864. The lowest BCUT2D eigenvalue weighted by Gasteiger charge is -2.34. The molecule has 3 N–H and O–H groups in total. The molecule has 0 saturated heterocycles. The van der Waals surface area contributed by atoms with E-state index in [1.54, 1.807) is 7.05 Å². The fraction of sp³-hybridized carbons (Fsp3) is 0.875. The summed E-state index contributed by atoms with van der Waals surface area (Å²) in [5.74, 6) is 0.729. The Morgan fingerprint density at radius 2 is 1.70 bits per heavy atom. The first-order valence-corrected chi connectivity index (χ1v) is 8.05. The number of guanidine groups is 1. The average molecular weight is 442 g/mol. The molecule has 0 heterocycles. The number of alkyl carbamates (subject to hydrolysis) is 1. The van der Waals surface area contributed by atoms with Crippen LogP contribution in [-0.4, -0.2) is 42.8 Å². The second-order valence-corrected chi connectivity index (χ2v) is 6.84. The van der Waals surface area contributed by atoms with Crippen molar-refractivity contribution in [3.05, 3.63) is 0 Å². The van der Waals surface area contributed by atoms with Crippen LogP contribution >= 0.6 is 24.0 Å². The van der Waals surface area contributed by atoms with Crippen molar-refractivity contribution in [3.8, 4) is 0 Å². The normalized spacial score (nSPS) is 12.5. The molecule has 0 aliphatic heterocycles. The standard InChI is InChI=1S/C16H34N4O2.HI/c1-9-16(10-2,20-14(21)22-15(5,6)7)11-18-13(17-8)19-12(3)4;/h12H,9-11H2,1-8H3,(H,20,21)(H2,17,18,19);1H. The number of amides is 1. The van der Waals surface area contributed by atoms with Gasteiger partial charge in [0, 0.05) is 19.6 Å². The number of nitrogens with one attached hydrogen (secondary N) is 3. The molecule has 0 unspecified atom stereocenters. The predicted molar refractivity (Wildman–Crippen MR) is 108 cm³/mol. The van der Waals surface area contributed by atoms with Crippen molar-refractivity contribution in [2.75, 3.05) is 13.6 Å². The number of halogens is 1. The van der Waals surface area contributed by atoms with E-state index in [1.807, 2.05) is 20.8 Å². The lowest BCUT2D eigenvalue weighted by Crippen LogP contribution is -2.57. The highest BCUT2D eigenvalue weighted by Crippen LogP contribution is 2.16. The van der Waals surface area contributed by atoms with Gasteiger partial charge in [-0.25, -0.2) is 4.79 Å². The monoisotopic (exact) mass is 442 g/mol. The van der Waals surface area contributed by atoms with E-state index in [0.717, 1.165) is 18.8 Å². The number of nitrogens with zero attached hydrogens (tertiary/aromatic N) is 1. The van der Waals surface area contributed by atoms with Crippen LogP contribution in [0.5, 0.6) is 0 Å². The van der Waals surface area contributed by atoms with Crippen molar-refractivity contribution in [2.45, 2.75) is 78.5 Å². The fourth-order valence-electron chi connectivity index (χ4n) is 1.96. The fourth-order valence-corrected chi connectivity index (χ4v) is 1.96. The minimum absolute atomic E-state index is 0. The Bertz CT molecular complexity index is 375. The SMILES string of the molecule is CCC(CC)(CNC(=NC)NC(C)C)NC(=O)OC(C)(C)C.I. The van der Waals surface area contributed by atoms with Gasteiger partial charge in [0.15, 0.2) is 5.96 Å². The number of carbonyl (C=O) groups is 1. The Balaban J connectivity index is 0. The molecule has 0 aliphatic rings. The first kappa shape index (κ1) is 24.5. The third kappa shape index (κ3) is 10.6. The highest BCUT2D eigenvalue weighted by atomic mass is 127. The van der Waals surface area contributed by atoms with Gasteiger partial charge < -0.3 is 20.7 Å². The number of aliphatic imine (C=N–C) groups is 1. The summed E-state index contributed by atoms with van der Waals surface area (Å²) in [7, 11) is 1.73. The maximum Gasteiger partial charge on any atom is 0.408 e. The van der Waals surface area contributed by atoms with Crippen molar-refractivity contribution in [1.82, 2.24) is 16.0 Å². The van der Waals surface area contributed by atoms with Gasteiger partial charge in [0.25, 0.3) is 0 Å². The number of hydrogen-bond donors (Lipinski definition) is 3. The Morgan fingerprint density at radius 1 is 1.17 bits per heavy atom. The number of hydrogen-bond acceptors (Lipinski definition) is 3. The molecule has 1 amide bonds. The van der Waals surface area contributed by atoms with Crippen LogP contribution in [0.2, 0.25) is 0 Å². The molecular formula is C16H35IN4O2. The lowest BCUT2D eigenvalue weighted by molar-refractivity contribution is 0.0448. The van der Waals surface area contributed by atoms with Crippen molar-refractivity contribution in [3.63, 3.8) is 0 Å². The van der Waals surface area contributed by atoms with E-state index in [2.05, 4.69) is 48.6 Å². The molecule has 0 rings (SSSR count). The van der Waals surface area contributed by atoms with E-state index in [-0.39, 0.29) is 35.6 Å². The Hall–Kier alpha value is -0.730. The third-order valence-electron chi connectivity index (χ3n) is 3.36. The Morgan fingerprint density at radius 3 is 2.04 bits per heavy atom. The molecule has 0 aromatic rings. The van der Waals surface area contributed by atoms with E-state index in [0.29, 0.717) is 12.6 Å². The van der Waals surface area contributed by atoms with E-state index in [9.17, 15) is 4.79 Å². The predicted octanol–water partition coefficient (Wildman–Crippen LogP) is 3.26. The zero-order chi connectivity index (χ0) is 17.4. The molecule has 0 bridgehead atoms. The lowest BCUT2D eigenvalue weighted by atomic mass is 9.93. The number of rotatable bonds is 6. The van der Waals surface area contributed by atoms with Crippen molar-refractivity contribution >= 4 is 36.0 Å². The second kappa shape index (κ2) is 10.9. The molecule has 0 saturated carbocycles. The summed E-state index contributed by atoms with van der Waals surface area (Å²) in [6.45, 7) is 14.4. The minimum atomic E-state index is -0.500. The summed E-state index contributed by atoms with van der Waals surface area (Å²) in [6.07, 6.45) is 1.22. The summed E-state index contributed by atoms with van der Waals surface area (Å²) in [5, 5.41) is 9.53. The molecule has 0 spiro atoms. The van der Waals surface area contributed by atoms with Gasteiger partial charge in [-0.3, -0.25) is 4.99 Å². The maximum absolute atomic E-state index is 12.1. The molecule has 0 aromatic carbocycles. The summed E-state index contributed by atoms with van der Waals surface area (Å²) >= 11 is 0. The van der Waals surface area contributed by atoms with Crippen LogP contribution in [0.25, 0.3) is 0 Å². The number of carbonyl (C=O) groups excluding carboxylic acids is 1. The van der Waals surface area contributed by atoms with Gasteiger partial charge in [0.2, 0.25) is 0 Å². The molecule has 6 nitrogen and oxygen atoms in total. The zero-order valence-corrected chi connectivity index (χ0v) is 18.2. The van der Waals surface area contributed by atoms with Gasteiger partial charge in [-0.2, -0.15) is 0 Å². The smallest absolute Gasteiger partial charge is 0.408 e. The largest absolute Gasteiger partial charge is 0.444 e. The summed E-state index contributed by atoms with van der Waals surface area (Å²) < 4.78 is 5.37. The van der Waals surface area contributed by atoms with Crippen molar-refractivity contribution in [2.24, 2.45) is 4.99 Å². The van der Waals surface area contributed by atoms with Crippen molar-refractivity contribution in [1.29, 1.82) is 0 Å². The highest BCUT2D eigenvalue weighted by Gasteiger charge is 2.30. The molecule has 0 atom stereocenters. The summed E-state index contributed by atoms with van der Waals surface area (Å²) in [4.78, 5) is 16.3. The van der Waals surface area contributed by atoms with Crippen LogP contribution in [0.4, 0.5) is 4.79 Å². The summed E-state index contributed by atoms with van der Waals surface area (Å²) in [6, 6.07) is 0.294. The molecule has 23 heavy (non-hydrogen) atoms. The van der Waals surface area contributed by atoms with Gasteiger partial charge >= 0.3 is 6.09 Å². The maximum atomic E-state index is 12.1. The molecule has 0 aliphatic carbocycles. The van der Waals surface area contributed by atoms with Crippen LogP contribution in [0.15, 0.2) is 4.99 Å². The van der Waals surface area contributed by atoms with Gasteiger partial charge in [-0.15, -0.1) is 24.0 Å². The Kier molecular flexibility index (Phi) is 11.7. The van der Waals surface area contributed by atoms with Crippen LogP contribution in [0.3, 0.4) is 0 Å². The van der Waals surface area contributed by atoms with Crippen LogP contribution in [0.1, 0.15) is 61.3 Å². The first-order valence-electron chi connectivity index (χ1n) is 8.05. The topological polar surface area (TPSA) is 74.8 Å². The van der Waals surface area contributed by atoms with Gasteiger partial charge in [-0.1, -0.05) is 13.8 Å². The molecule has 0 fully saturated rings. The molecule has 0 aromatic heterocycles. The van der Waals surface area contributed by atoms with Crippen molar-refractivity contribution < 1.29 is 9.53 Å². The van der Waals surface area contributed by atoms with Crippen LogP contribution in [0, 0.1) is 0 Å².